The van der Waals surface area contributed by atoms with Crippen molar-refractivity contribution in [2.45, 2.75) is 6.23 Å². The summed E-state index contributed by atoms with van der Waals surface area (Å²) in [5.74, 6) is 0.917. The minimum atomic E-state index is -0.108. The highest BCUT2D eigenvalue weighted by Gasteiger charge is 2.23. The van der Waals surface area contributed by atoms with Gasteiger partial charge >= 0.3 is 0 Å². The van der Waals surface area contributed by atoms with Crippen LogP contribution in [0, 0.1) is 0 Å². The Morgan fingerprint density at radius 1 is 0.789 bits per heavy atom. The standard InChI is InChI=1S/C17H13NO/c1-2-8-13-12(6-1)7-5-9-14(13)17-18-15-10-3-4-11-16(15)19-17/h1-11,17-18H. The molecule has 0 spiro atoms. The molecule has 0 aliphatic carbocycles. The number of ether oxygens (including phenoxy) is 1. The molecule has 0 fully saturated rings. The molecule has 3 aromatic rings. The van der Waals surface area contributed by atoms with Crippen LogP contribution in [0.5, 0.6) is 5.75 Å². The molecule has 92 valence electrons. The number of fused-ring (bicyclic) bond motifs is 2. The summed E-state index contributed by atoms with van der Waals surface area (Å²) in [6.07, 6.45) is -0.108. The van der Waals surface area contributed by atoms with Crippen molar-refractivity contribution in [3.8, 4) is 5.75 Å². The Bertz CT molecular complexity index is 721. The Hall–Kier alpha value is -2.48. The van der Waals surface area contributed by atoms with E-state index in [4.69, 9.17) is 4.74 Å². The molecule has 1 unspecified atom stereocenters. The third kappa shape index (κ3) is 1.65. The van der Waals surface area contributed by atoms with Crippen molar-refractivity contribution in [3.63, 3.8) is 0 Å². The zero-order chi connectivity index (χ0) is 12.7. The first-order chi connectivity index (χ1) is 9.42. The fourth-order valence-electron chi connectivity index (χ4n) is 2.61. The van der Waals surface area contributed by atoms with Gasteiger partial charge in [0, 0.05) is 5.56 Å². The number of para-hydroxylation sites is 2. The van der Waals surface area contributed by atoms with Crippen LogP contribution in [0.1, 0.15) is 11.8 Å². The van der Waals surface area contributed by atoms with Gasteiger partial charge in [-0.3, -0.25) is 0 Å². The average Bonchev–Trinajstić information content (AvgIpc) is 2.90. The van der Waals surface area contributed by atoms with E-state index in [0.29, 0.717) is 0 Å². The summed E-state index contributed by atoms with van der Waals surface area (Å²) < 4.78 is 5.99. The second-order valence-electron chi connectivity index (χ2n) is 4.71. The highest BCUT2D eigenvalue weighted by molar-refractivity contribution is 5.86. The van der Waals surface area contributed by atoms with Gasteiger partial charge in [-0.2, -0.15) is 0 Å². The molecule has 1 heterocycles. The first-order valence-electron chi connectivity index (χ1n) is 6.42. The third-order valence-electron chi connectivity index (χ3n) is 3.52. The molecule has 3 aromatic carbocycles. The quantitative estimate of drug-likeness (QED) is 0.690. The predicted molar refractivity (Wildman–Crippen MR) is 77.4 cm³/mol. The fourth-order valence-corrected chi connectivity index (χ4v) is 2.61. The SMILES string of the molecule is c1ccc2c(c1)NC(c1cccc3ccccc13)O2. The van der Waals surface area contributed by atoms with Crippen LogP contribution in [-0.4, -0.2) is 0 Å². The largest absolute Gasteiger partial charge is 0.464 e. The fraction of sp³-hybridized carbons (Fsp3) is 0.0588. The first kappa shape index (κ1) is 10.4. The molecule has 1 atom stereocenters. The van der Waals surface area contributed by atoms with Gasteiger partial charge in [-0.05, 0) is 22.9 Å². The maximum atomic E-state index is 5.99. The molecule has 1 aliphatic heterocycles. The van der Waals surface area contributed by atoms with Crippen LogP contribution in [-0.2, 0) is 0 Å². The molecule has 1 aliphatic rings. The molecule has 1 N–H and O–H groups in total. The number of nitrogens with one attached hydrogen (secondary N) is 1. The molecule has 0 amide bonds. The number of benzene rings is 3. The Morgan fingerprint density at radius 3 is 2.53 bits per heavy atom. The molecule has 0 aromatic heterocycles. The van der Waals surface area contributed by atoms with Crippen molar-refractivity contribution >= 4 is 16.5 Å². The smallest absolute Gasteiger partial charge is 0.197 e. The maximum absolute atomic E-state index is 5.99. The Morgan fingerprint density at radius 2 is 1.58 bits per heavy atom. The van der Waals surface area contributed by atoms with Crippen molar-refractivity contribution < 1.29 is 4.74 Å². The van der Waals surface area contributed by atoms with Gasteiger partial charge in [0.1, 0.15) is 5.75 Å². The average molecular weight is 247 g/mol. The molecule has 4 rings (SSSR count). The first-order valence-corrected chi connectivity index (χ1v) is 6.42. The molecule has 2 heteroatoms. The molecule has 0 saturated heterocycles. The van der Waals surface area contributed by atoms with E-state index in [1.807, 2.05) is 24.3 Å². The van der Waals surface area contributed by atoms with Crippen molar-refractivity contribution in [2.75, 3.05) is 5.32 Å². The molecule has 0 radical (unpaired) electrons. The number of hydrogen-bond acceptors (Lipinski definition) is 2. The zero-order valence-electron chi connectivity index (χ0n) is 10.3. The van der Waals surface area contributed by atoms with Crippen LogP contribution < -0.4 is 10.1 Å². The molecule has 0 bridgehead atoms. The maximum Gasteiger partial charge on any atom is 0.197 e. The van der Waals surface area contributed by atoms with Crippen molar-refractivity contribution in [2.24, 2.45) is 0 Å². The topological polar surface area (TPSA) is 21.3 Å². The molecule has 19 heavy (non-hydrogen) atoms. The Kier molecular flexibility index (Phi) is 2.21. The lowest BCUT2D eigenvalue weighted by atomic mass is 10.0. The minimum absolute atomic E-state index is 0.108. The minimum Gasteiger partial charge on any atom is -0.464 e. The summed E-state index contributed by atoms with van der Waals surface area (Å²) >= 11 is 0. The van der Waals surface area contributed by atoms with Crippen LogP contribution >= 0.6 is 0 Å². The van der Waals surface area contributed by atoms with Crippen molar-refractivity contribution in [1.29, 1.82) is 0 Å². The molecular formula is C17H13NO. The van der Waals surface area contributed by atoms with Crippen LogP contribution in [0.15, 0.2) is 66.7 Å². The van der Waals surface area contributed by atoms with E-state index in [1.54, 1.807) is 0 Å². The summed E-state index contributed by atoms with van der Waals surface area (Å²) in [5, 5.41) is 5.89. The highest BCUT2D eigenvalue weighted by Crippen LogP contribution is 2.39. The summed E-state index contributed by atoms with van der Waals surface area (Å²) in [4.78, 5) is 0. The van der Waals surface area contributed by atoms with Crippen molar-refractivity contribution in [1.82, 2.24) is 0 Å². The van der Waals surface area contributed by atoms with E-state index < -0.39 is 0 Å². The van der Waals surface area contributed by atoms with E-state index in [1.165, 1.54) is 16.3 Å². The highest BCUT2D eigenvalue weighted by atomic mass is 16.5. The third-order valence-corrected chi connectivity index (χ3v) is 3.52. The molecule has 0 saturated carbocycles. The van der Waals surface area contributed by atoms with Gasteiger partial charge in [0.2, 0.25) is 0 Å². The summed E-state index contributed by atoms with van der Waals surface area (Å²) in [7, 11) is 0. The van der Waals surface area contributed by atoms with Gasteiger partial charge in [0.15, 0.2) is 6.23 Å². The van der Waals surface area contributed by atoms with Gasteiger partial charge in [-0.25, -0.2) is 0 Å². The second-order valence-corrected chi connectivity index (χ2v) is 4.71. The van der Waals surface area contributed by atoms with Crippen LogP contribution in [0.2, 0.25) is 0 Å². The van der Waals surface area contributed by atoms with E-state index in [0.717, 1.165) is 11.4 Å². The number of rotatable bonds is 1. The van der Waals surface area contributed by atoms with Crippen LogP contribution in [0.4, 0.5) is 5.69 Å². The Labute approximate surface area is 111 Å². The lowest BCUT2D eigenvalue weighted by Crippen LogP contribution is -2.10. The van der Waals surface area contributed by atoms with Gasteiger partial charge in [-0.15, -0.1) is 0 Å². The van der Waals surface area contributed by atoms with Crippen LogP contribution in [0.3, 0.4) is 0 Å². The van der Waals surface area contributed by atoms with Gasteiger partial charge in [-0.1, -0.05) is 54.6 Å². The molecular weight excluding hydrogens is 234 g/mol. The van der Waals surface area contributed by atoms with Crippen LogP contribution in [0.25, 0.3) is 10.8 Å². The second kappa shape index (κ2) is 4.02. The van der Waals surface area contributed by atoms with E-state index in [-0.39, 0.29) is 6.23 Å². The van der Waals surface area contributed by atoms with E-state index in [2.05, 4.69) is 47.8 Å². The van der Waals surface area contributed by atoms with E-state index >= 15 is 0 Å². The normalized spacial score (nSPS) is 16.7. The predicted octanol–water partition coefficient (Wildman–Crippen LogP) is 4.34. The number of hydrogen-bond donors (Lipinski definition) is 1. The molecule has 2 nitrogen and oxygen atoms in total. The summed E-state index contributed by atoms with van der Waals surface area (Å²) in [6.45, 7) is 0. The summed E-state index contributed by atoms with van der Waals surface area (Å²) in [6, 6.07) is 22.7. The lowest BCUT2D eigenvalue weighted by molar-refractivity contribution is 0.261. The van der Waals surface area contributed by atoms with Gasteiger partial charge in [0.25, 0.3) is 0 Å². The van der Waals surface area contributed by atoms with Gasteiger partial charge in [0.05, 0.1) is 5.69 Å². The lowest BCUT2D eigenvalue weighted by Gasteiger charge is -2.14. The Balaban J connectivity index is 1.81. The van der Waals surface area contributed by atoms with E-state index in [9.17, 15) is 0 Å². The summed E-state index contributed by atoms with van der Waals surface area (Å²) in [5.41, 5.74) is 2.23. The zero-order valence-corrected chi connectivity index (χ0v) is 10.3. The van der Waals surface area contributed by atoms with Crippen molar-refractivity contribution in [3.05, 3.63) is 72.3 Å². The number of anilines is 1. The van der Waals surface area contributed by atoms with Gasteiger partial charge < -0.3 is 10.1 Å². The monoisotopic (exact) mass is 247 g/mol.